The number of ketones is 1. The Labute approximate surface area is 151 Å². The maximum absolute atomic E-state index is 12.6. The first-order valence-corrected chi connectivity index (χ1v) is 8.74. The van der Waals surface area contributed by atoms with Crippen LogP contribution in [0.2, 0.25) is 0 Å². The molecule has 2 rings (SSSR count). The topological polar surface area (TPSA) is 127 Å². The van der Waals surface area contributed by atoms with E-state index in [0.29, 0.717) is 42.9 Å². The zero-order valence-electron chi connectivity index (χ0n) is 15.1. The predicted octanol–water partition coefficient (Wildman–Crippen LogP) is 1.98. The van der Waals surface area contributed by atoms with E-state index in [1.165, 1.54) is 6.07 Å². The van der Waals surface area contributed by atoms with Crippen molar-refractivity contribution in [1.29, 1.82) is 0 Å². The zero-order chi connectivity index (χ0) is 19.1. The molecule has 0 spiro atoms. The lowest BCUT2D eigenvalue weighted by Crippen LogP contribution is -2.19. The van der Waals surface area contributed by atoms with Crippen LogP contribution in [0.25, 0.3) is 10.9 Å². The molecule has 0 fully saturated rings. The molecule has 8 heteroatoms. The van der Waals surface area contributed by atoms with Crippen molar-refractivity contribution in [2.24, 2.45) is 5.73 Å². The van der Waals surface area contributed by atoms with Gasteiger partial charge in [-0.15, -0.1) is 0 Å². The molecule has 0 atom stereocenters. The number of amides is 1. The highest BCUT2D eigenvalue weighted by Gasteiger charge is 2.16. The number of fused-ring (bicyclic) bond motifs is 1. The largest absolute Gasteiger partial charge is 0.492 e. The van der Waals surface area contributed by atoms with Crippen LogP contribution in [0, 0.1) is 0 Å². The Kier molecular flexibility index (Phi) is 6.85. The second-order valence-corrected chi connectivity index (χ2v) is 5.80. The van der Waals surface area contributed by atoms with E-state index in [9.17, 15) is 14.4 Å². The highest BCUT2D eigenvalue weighted by atomic mass is 16.5. The van der Waals surface area contributed by atoms with Crippen molar-refractivity contribution < 1.29 is 14.3 Å². The normalized spacial score (nSPS) is 10.7. The van der Waals surface area contributed by atoms with Gasteiger partial charge in [-0.2, -0.15) is 5.10 Å². The summed E-state index contributed by atoms with van der Waals surface area (Å²) in [5.41, 5.74) is 5.67. The standard InChI is InChI=1S/C18H24N4O4/c1-3-14(23)17-18(25)11-9-13(20-16(24)7-5-6-8-19)15(26-4-2)10-12(11)21-22-17/h9-10H,3-8,19H2,1-2H3,(H,20,24)(H,21,25). The highest BCUT2D eigenvalue weighted by molar-refractivity contribution is 5.99. The van der Waals surface area contributed by atoms with E-state index in [2.05, 4.69) is 15.5 Å². The number of Topliss-reactive ketones (excluding diaryl/α,β-unsaturated/α-hetero) is 1. The number of nitrogens with two attached hydrogens (primary N) is 1. The molecule has 8 nitrogen and oxygen atoms in total. The summed E-state index contributed by atoms with van der Waals surface area (Å²) < 4.78 is 5.56. The quantitative estimate of drug-likeness (QED) is 0.463. The van der Waals surface area contributed by atoms with Crippen molar-refractivity contribution in [2.45, 2.75) is 39.5 Å². The summed E-state index contributed by atoms with van der Waals surface area (Å²) >= 11 is 0. The van der Waals surface area contributed by atoms with Gasteiger partial charge in [-0.1, -0.05) is 6.92 Å². The van der Waals surface area contributed by atoms with Gasteiger partial charge in [0.15, 0.2) is 11.5 Å². The number of H-pyrrole nitrogens is 1. The lowest BCUT2D eigenvalue weighted by atomic mass is 10.1. The smallest absolute Gasteiger partial charge is 0.224 e. The van der Waals surface area contributed by atoms with Gasteiger partial charge in [-0.3, -0.25) is 19.5 Å². The Hall–Kier alpha value is -2.74. The van der Waals surface area contributed by atoms with Crippen molar-refractivity contribution in [3.8, 4) is 5.75 Å². The minimum atomic E-state index is -0.465. The number of hydrogen-bond donors (Lipinski definition) is 3. The van der Waals surface area contributed by atoms with E-state index in [-0.39, 0.29) is 29.2 Å². The second kappa shape index (κ2) is 9.10. The number of carbonyl (C=O) groups is 2. The summed E-state index contributed by atoms with van der Waals surface area (Å²) in [6, 6.07) is 3.12. The van der Waals surface area contributed by atoms with Gasteiger partial charge in [0.05, 0.1) is 23.2 Å². The summed E-state index contributed by atoms with van der Waals surface area (Å²) in [5, 5.41) is 9.65. The summed E-state index contributed by atoms with van der Waals surface area (Å²) in [7, 11) is 0. The Morgan fingerprint density at radius 3 is 2.69 bits per heavy atom. The van der Waals surface area contributed by atoms with E-state index in [4.69, 9.17) is 10.5 Å². The summed E-state index contributed by atoms with van der Waals surface area (Å²) in [6.07, 6.45) is 1.95. The maximum Gasteiger partial charge on any atom is 0.224 e. The van der Waals surface area contributed by atoms with Gasteiger partial charge in [-0.05, 0) is 32.4 Å². The number of nitrogens with one attached hydrogen (secondary N) is 2. The number of rotatable bonds is 9. The predicted molar refractivity (Wildman–Crippen MR) is 99.7 cm³/mol. The minimum absolute atomic E-state index is 0.135. The molecule has 0 aliphatic rings. The van der Waals surface area contributed by atoms with Gasteiger partial charge >= 0.3 is 0 Å². The van der Waals surface area contributed by atoms with Crippen molar-refractivity contribution in [2.75, 3.05) is 18.5 Å². The van der Waals surface area contributed by atoms with Gasteiger partial charge in [0.25, 0.3) is 0 Å². The molecule has 1 heterocycles. The van der Waals surface area contributed by atoms with Gasteiger partial charge < -0.3 is 15.8 Å². The molecule has 0 saturated heterocycles. The molecule has 1 aromatic heterocycles. The van der Waals surface area contributed by atoms with Crippen LogP contribution in [-0.2, 0) is 4.79 Å². The first-order chi connectivity index (χ1) is 12.5. The first-order valence-electron chi connectivity index (χ1n) is 8.74. The van der Waals surface area contributed by atoms with E-state index in [0.717, 1.165) is 6.42 Å². The molecule has 1 aromatic carbocycles. The molecule has 26 heavy (non-hydrogen) atoms. The minimum Gasteiger partial charge on any atom is -0.492 e. The average molecular weight is 360 g/mol. The Morgan fingerprint density at radius 2 is 2.04 bits per heavy atom. The molecule has 0 unspecified atom stereocenters. The molecular weight excluding hydrogens is 336 g/mol. The number of hydrogen-bond acceptors (Lipinski definition) is 6. The number of carbonyl (C=O) groups excluding carboxylic acids is 2. The Morgan fingerprint density at radius 1 is 1.27 bits per heavy atom. The maximum atomic E-state index is 12.6. The first kappa shape index (κ1) is 19.6. The van der Waals surface area contributed by atoms with Gasteiger partial charge in [0.2, 0.25) is 11.3 Å². The van der Waals surface area contributed by atoms with E-state index < -0.39 is 5.43 Å². The third-order valence-electron chi connectivity index (χ3n) is 3.88. The number of aromatic nitrogens is 2. The Balaban J connectivity index is 2.44. The third kappa shape index (κ3) is 4.45. The van der Waals surface area contributed by atoms with Crippen LogP contribution in [0.4, 0.5) is 5.69 Å². The fourth-order valence-electron chi connectivity index (χ4n) is 2.53. The lowest BCUT2D eigenvalue weighted by Gasteiger charge is -2.13. The molecule has 1 amide bonds. The summed E-state index contributed by atoms with van der Waals surface area (Å²) in [4.78, 5) is 36.6. The van der Waals surface area contributed by atoms with Crippen LogP contribution >= 0.6 is 0 Å². The van der Waals surface area contributed by atoms with Crippen LogP contribution < -0.4 is 21.2 Å². The van der Waals surface area contributed by atoms with Crippen molar-refractivity contribution in [1.82, 2.24) is 10.2 Å². The van der Waals surface area contributed by atoms with Crippen LogP contribution in [0.15, 0.2) is 16.9 Å². The van der Waals surface area contributed by atoms with Gasteiger partial charge in [0, 0.05) is 18.9 Å². The van der Waals surface area contributed by atoms with Gasteiger partial charge in [0.1, 0.15) is 5.75 Å². The number of nitrogens with zero attached hydrogens (tertiary/aromatic N) is 1. The Bertz CT molecular complexity index is 860. The fraction of sp³-hybridized carbons (Fsp3) is 0.444. The molecule has 0 aliphatic carbocycles. The molecule has 2 aromatic rings. The molecule has 140 valence electrons. The van der Waals surface area contributed by atoms with Crippen molar-refractivity contribution in [3.05, 3.63) is 28.0 Å². The monoisotopic (exact) mass is 360 g/mol. The number of aromatic amines is 1. The number of benzene rings is 1. The summed E-state index contributed by atoms with van der Waals surface area (Å²) in [5.74, 6) is -0.0947. The molecule has 0 saturated carbocycles. The fourth-order valence-corrected chi connectivity index (χ4v) is 2.53. The number of unbranched alkanes of at least 4 members (excludes halogenated alkanes) is 1. The van der Waals surface area contributed by atoms with Crippen LogP contribution in [0.3, 0.4) is 0 Å². The van der Waals surface area contributed by atoms with Crippen LogP contribution in [0.5, 0.6) is 5.75 Å². The molecular formula is C18H24N4O4. The third-order valence-corrected chi connectivity index (χ3v) is 3.88. The molecule has 0 aliphatic heterocycles. The van der Waals surface area contributed by atoms with Crippen molar-refractivity contribution >= 4 is 28.3 Å². The zero-order valence-corrected chi connectivity index (χ0v) is 15.1. The van der Waals surface area contributed by atoms with Crippen LogP contribution in [0.1, 0.15) is 50.0 Å². The average Bonchev–Trinajstić information content (AvgIpc) is 2.63. The number of ether oxygens (including phenoxy) is 1. The summed E-state index contributed by atoms with van der Waals surface area (Å²) in [6.45, 7) is 4.41. The molecule has 0 radical (unpaired) electrons. The lowest BCUT2D eigenvalue weighted by molar-refractivity contribution is -0.116. The van der Waals surface area contributed by atoms with Crippen molar-refractivity contribution in [3.63, 3.8) is 0 Å². The molecule has 4 N–H and O–H groups in total. The molecule has 0 bridgehead atoms. The van der Waals surface area contributed by atoms with E-state index in [1.54, 1.807) is 13.0 Å². The number of anilines is 1. The van der Waals surface area contributed by atoms with Crippen LogP contribution in [-0.4, -0.2) is 35.0 Å². The second-order valence-electron chi connectivity index (χ2n) is 5.80. The SMILES string of the molecule is CCOc1cc2[nH]nc(C(=O)CC)c(=O)c2cc1NC(=O)CCCCN. The van der Waals surface area contributed by atoms with E-state index >= 15 is 0 Å². The van der Waals surface area contributed by atoms with Gasteiger partial charge in [-0.25, -0.2) is 0 Å². The van der Waals surface area contributed by atoms with E-state index in [1.807, 2.05) is 6.92 Å². The highest BCUT2D eigenvalue weighted by Crippen LogP contribution is 2.28.